The Bertz CT molecular complexity index is 406. The van der Waals surface area contributed by atoms with Gasteiger partial charge in [-0.1, -0.05) is 30.7 Å². The standard InChI is InChI=1S/C13H16ClF4N/c1-2-19-11(7-4-8-13(16,17)18)9-5-3-6-10(15)12(9)14/h3,5-6,11,19H,2,4,7-8H2,1H3. The van der Waals surface area contributed by atoms with E-state index in [-0.39, 0.29) is 23.9 Å². The summed E-state index contributed by atoms with van der Waals surface area (Å²) in [7, 11) is 0. The van der Waals surface area contributed by atoms with Crippen LogP contribution in [0.15, 0.2) is 18.2 Å². The summed E-state index contributed by atoms with van der Waals surface area (Å²) in [5, 5.41) is 3.01. The van der Waals surface area contributed by atoms with Gasteiger partial charge >= 0.3 is 6.18 Å². The topological polar surface area (TPSA) is 12.0 Å². The molecule has 0 aromatic heterocycles. The number of hydrogen-bond acceptors (Lipinski definition) is 1. The van der Waals surface area contributed by atoms with Gasteiger partial charge in [-0.3, -0.25) is 0 Å². The number of rotatable bonds is 6. The van der Waals surface area contributed by atoms with Crippen molar-refractivity contribution in [2.24, 2.45) is 0 Å². The van der Waals surface area contributed by atoms with E-state index < -0.39 is 18.4 Å². The summed E-state index contributed by atoms with van der Waals surface area (Å²) in [6.45, 7) is 2.41. The molecule has 1 atom stereocenters. The maximum absolute atomic E-state index is 13.4. The SMILES string of the molecule is CCNC(CCCC(F)(F)F)c1cccc(F)c1Cl. The Balaban J connectivity index is 2.74. The van der Waals surface area contributed by atoms with Gasteiger partial charge < -0.3 is 5.32 Å². The van der Waals surface area contributed by atoms with Gasteiger partial charge in [0, 0.05) is 12.5 Å². The van der Waals surface area contributed by atoms with E-state index in [4.69, 9.17) is 11.6 Å². The lowest BCUT2D eigenvalue weighted by molar-refractivity contribution is -0.135. The van der Waals surface area contributed by atoms with Crippen molar-refractivity contribution in [1.29, 1.82) is 0 Å². The van der Waals surface area contributed by atoms with Gasteiger partial charge in [-0.05, 0) is 31.0 Å². The van der Waals surface area contributed by atoms with Gasteiger partial charge in [0.1, 0.15) is 5.82 Å². The van der Waals surface area contributed by atoms with E-state index >= 15 is 0 Å². The third-order valence-electron chi connectivity index (χ3n) is 2.76. The van der Waals surface area contributed by atoms with Gasteiger partial charge in [0.2, 0.25) is 0 Å². The number of nitrogens with one attached hydrogen (secondary N) is 1. The average molecular weight is 298 g/mol. The molecule has 0 radical (unpaired) electrons. The predicted molar refractivity (Wildman–Crippen MR) is 67.7 cm³/mol. The third-order valence-corrected chi connectivity index (χ3v) is 3.16. The molecule has 0 heterocycles. The fourth-order valence-corrected chi connectivity index (χ4v) is 2.17. The van der Waals surface area contributed by atoms with Gasteiger partial charge in [-0.2, -0.15) is 13.2 Å². The maximum atomic E-state index is 13.4. The number of alkyl halides is 3. The quantitative estimate of drug-likeness (QED) is 0.739. The Hall–Kier alpha value is -0.810. The second kappa shape index (κ2) is 7.10. The van der Waals surface area contributed by atoms with Crippen LogP contribution >= 0.6 is 11.6 Å². The Kier molecular flexibility index (Phi) is 6.07. The Morgan fingerprint density at radius 3 is 2.58 bits per heavy atom. The molecule has 0 spiro atoms. The highest BCUT2D eigenvalue weighted by molar-refractivity contribution is 6.31. The summed E-state index contributed by atoms with van der Waals surface area (Å²) in [6, 6.07) is 4.00. The second-order valence-corrected chi connectivity index (χ2v) is 4.64. The largest absolute Gasteiger partial charge is 0.389 e. The van der Waals surface area contributed by atoms with Crippen molar-refractivity contribution < 1.29 is 17.6 Å². The minimum Gasteiger partial charge on any atom is -0.310 e. The van der Waals surface area contributed by atoms with Crippen molar-refractivity contribution in [2.75, 3.05) is 6.54 Å². The molecule has 1 rings (SSSR count). The summed E-state index contributed by atoms with van der Waals surface area (Å²) >= 11 is 5.86. The molecular formula is C13H16ClF4N. The van der Waals surface area contributed by atoms with Gasteiger partial charge in [0.25, 0.3) is 0 Å². The van der Waals surface area contributed by atoms with E-state index in [9.17, 15) is 17.6 Å². The molecule has 0 saturated carbocycles. The highest BCUT2D eigenvalue weighted by Crippen LogP contribution is 2.30. The van der Waals surface area contributed by atoms with Crippen LogP contribution in [0.1, 0.15) is 37.8 Å². The monoisotopic (exact) mass is 297 g/mol. The molecule has 1 unspecified atom stereocenters. The molecule has 0 saturated heterocycles. The number of benzene rings is 1. The maximum Gasteiger partial charge on any atom is 0.389 e. The molecule has 108 valence electrons. The molecule has 1 aromatic carbocycles. The van der Waals surface area contributed by atoms with E-state index in [0.29, 0.717) is 12.1 Å². The van der Waals surface area contributed by atoms with Crippen molar-refractivity contribution in [2.45, 2.75) is 38.4 Å². The molecule has 1 nitrogen and oxygen atoms in total. The zero-order chi connectivity index (χ0) is 14.5. The molecule has 0 aliphatic heterocycles. The van der Waals surface area contributed by atoms with Gasteiger partial charge in [-0.15, -0.1) is 0 Å². The van der Waals surface area contributed by atoms with Gasteiger partial charge in [0.05, 0.1) is 5.02 Å². The average Bonchev–Trinajstić information content (AvgIpc) is 2.30. The van der Waals surface area contributed by atoms with E-state index in [2.05, 4.69) is 5.32 Å². The lowest BCUT2D eigenvalue weighted by Crippen LogP contribution is -2.22. The molecule has 0 bridgehead atoms. The zero-order valence-electron chi connectivity index (χ0n) is 10.5. The number of halogens is 5. The predicted octanol–water partition coefficient (Wildman–Crippen LogP) is 4.86. The van der Waals surface area contributed by atoms with Crippen LogP contribution in [0.2, 0.25) is 5.02 Å². The third kappa shape index (κ3) is 5.37. The first-order valence-corrected chi connectivity index (χ1v) is 6.47. The summed E-state index contributed by atoms with van der Waals surface area (Å²) in [6.07, 6.45) is -4.77. The van der Waals surface area contributed by atoms with Crippen LogP contribution in [0.25, 0.3) is 0 Å². The molecule has 0 fully saturated rings. The first-order chi connectivity index (χ1) is 8.85. The van der Waals surface area contributed by atoms with Crippen LogP contribution in [-0.4, -0.2) is 12.7 Å². The second-order valence-electron chi connectivity index (χ2n) is 4.26. The lowest BCUT2D eigenvalue weighted by atomic mass is 10.0. The molecule has 1 N–H and O–H groups in total. The Labute approximate surface area is 115 Å². The molecule has 19 heavy (non-hydrogen) atoms. The van der Waals surface area contributed by atoms with Crippen molar-refractivity contribution in [3.05, 3.63) is 34.6 Å². The summed E-state index contributed by atoms with van der Waals surface area (Å²) < 4.78 is 49.7. The van der Waals surface area contributed by atoms with Crippen LogP contribution in [0.4, 0.5) is 17.6 Å². The van der Waals surface area contributed by atoms with Crippen molar-refractivity contribution >= 4 is 11.6 Å². The molecule has 6 heteroatoms. The summed E-state index contributed by atoms with van der Waals surface area (Å²) in [5.41, 5.74) is 0.505. The molecule has 1 aromatic rings. The first-order valence-electron chi connectivity index (χ1n) is 6.09. The normalized spacial score (nSPS) is 13.6. The van der Waals surface area contributed by atoms with E-state index in [1.807, 2.05) is 6.92 Å². The van der Waals surface area contributed by atoms with Crippen LogP contribution in [-0.2, 0) is 0 Å². The van der Waals surface area contributed by atoms with E-state index in [0.717, 1.165) is 0 Å². The molecule has 0 amide bonds. The van der Waals surface area contributed by atoms with Crippen molar-refractivity contribution in [3.63, 3.8) is 0 Å². The van der Waals surface area contributed by atoms with Crippen molar-refractivity contribution in [1.82, 2.24) is 5.32 Å². The number of hydrogen-bond donors (Lipinski definition) is 1. The first kappa shape index (κ1) is 16.2. The fraction of sp³-hybridized carbons (Fsp3) is 0.538. The van der Waals surface area contributed by atoms with Crippen LogP contribution in [0.5, 0.6) is 0 Å². The van der Waals surface area contributed by atoms with Crippen LogP contribution in [0, 0.1) is 5.82 Å². The summed E-state index contributed by atoms with van der Waals surface area (Å²) in [5.74, 6) is -0.558. The van der Waals surface area contributed by atoms with Crippen LogP contribution < -0.4 is 5.32 Å². The molecular weight excluding hydrogens is 282 g/mol. The zero-order valence-corrected chi connectivity index (χ0v) is 11.3. The van der Waals surface area contributed by atoms with E-state index in [1.54, 1.807) is 6.07 Å². The van der Waals surface area contributed by atoms with E-state index in [1.165, 1.54) is 12.1 Å². The smallest absolute Gasteiger partial charge is 0.310 e. The highest BCUT2D eigenvalue weighted by Gasteiger charge is 2.27. The minimum absolute atomic E-state index is 0.0198. The van der Waals surface area contributed by atoms with Crippen LogP contribution in [0.3, 0.4) is 0 Å². The minimum atomic E-state index is -4.16. The molecule has 0 aliphatic rings. The van der Waals surface area contributed by atoms with Gasteiger partial charge in [-0.25, -0.2) is 4.39 Å². The Morgan fingerprint density at radius 2 is 2.00 bits per heavy atom. The van der Waals surface area contributed by atoms with Gasteiger partial charge in [0.15, 0.2) is 0 Å². The van der Waals surface area contributed by atoms with Crippen molar-refractivity contribution in [3.8, 4) is 0 Å². The molecule has 0 aliphatic carbocycles. The Morgan fingerprint density at radius 1 is 1.32 bits per heavy atom. The fourth-order valence-electron chi connectivity index (χ4n) is 1.91. The lowest BCUT2D eigenvalue weighted by Gasteiger charge is -2.20. The summed E-state index contributed by atoms with van der Waals surface area (Å²) in [4.78, 5) is 0. The highest BCUT2D eigenvalue weighted by atomic mass is 35.5.